The molecule has 2 aromatic rings. The highest BCUT2D eigenvalue weighted by Crippen LogP contribution is 2.31. The number of fused-ring (bicyclic) bond motifs is 1. The van der Waals surface area contributed by atoms with Crippen LogP contribution in [-0.2, 0) is 11.2 Å². The van der Waals surface area contributed by atoms with Gasteiger partial charge < -0.3 is 9.64 Å². The number of carbonyl (C=O) groups is 2. The Morgan fingerprint density at radius 1 is 1.29 bits per heavy atom. The summed E-state index contributed by atoms with van der Waals surface area (Å²) < 4.78 is 5.44. The normalized spacial score (nSPS) is 12.6. The van der Waals surface area contributed by atoms with Crippen LogP contribution >= 0.6 is 0 Å². The number of non-ortho nitro benzene ring substituents is 1. The van der Waals surface area contributed by atoms with Gasteiger partial charge >= 0.3 is 0 Å². The minimum atomic E-state index is -0.488. The number of nitro benzene ring substituents is 1. The van der Waals surface area contributed by atoms with Gasteiger partial charge in [0.25, 0.3) is 11.6 Å². The van der Waals surface area contributed by atoms with Crippen molar-refractivity contribution < 1.29 is 19.2 Å². The van der Waals surface area contributed by atoms with Gasteiger partial charge in [-0.1, -0.05) is 18.2 Å². The van der Waals surface area contributed by atoms with Gasteiger partial charge in [0.05, 0.1) is 16.2 Å². The molecular formula is C17H14N2O5. The van der Waals surface area contributed by atoms with Gasteiger partial charge in [0.1, 0.15) is 5.75 Å². The van der Waals surface area contributed by atoms with E-state index in [-0.39, 0.29) is 18.2 Å². The highest BCUT2D eigenvalue weighted by Gasteiger charge is 2.27. The lowest BCUT2D eigenvalue weighted by molar-refractivity contribution is -0.384. The Morgan fingerprint density at radius 2 is 2.08 bits per heavy atom. The molecule has 0 aliphatic carbocycles. The molecule has 7 heteroatoms. The first-order chi connectivity index (χ1) is 11.6. The van der Waals surface area contributed by atoms with Gasteiger partial charge in [-0.05, 0) is 24.1 Å². The Labute approximate surface area is 137 Å². The molecule has 1 heterocycles. The molecule has 7 nitrogen and oxygen atoms in total. The van der Waals surface area contributed by atoms with Crippen molar-refractivity contribution >= 4 is 23.6 Å². The second kappa shape index (κ2) is 6.49. The van der Waals surface area contributed by atoms with Crippen LogP contribution in [-0.4, -0.2) is 30.3 Å². The lowest BCUT2D eigenvalue weighted by Crippen LogP contribution is -2.33. The second-order valence-electron chi connectivity index (χ2n) is 5.31. The van der Waals surface area contributed by atoms with Crippen LogP contribution in [0.3, 0.4) is 0 Å². The lowest BCUT2D eigenvalue weighted by Gasteiger charge is -2.17. The largest absolute Gasteiger partial charge is 0.483 e. The fourth-order valence-electron chi connectivity index (χ4n) is 2.67. The second-order valence-corrected chi connectivity index (χ2v) is 5.31. The third-order valence-electron chi connectivity index (χ3n) is 3.87. The average molecular weight is 326 g/mol. The lowest BCUT2D eigenvalue weighted by atomic mass is 10.1. The fourth-order valence-corrected chi connectivity index (χ4v) is 2.67. The first kappa shape index (κ1) is 15.7. The number of rotatable bonds is 5. The highest BCUT2D eigenvalue weighted by atomic mass is 16.6. The predicted octanol–water partition coefficient (Wildman–Crippen LogP) is 2.38. The van der Waals surface area contributed by atoms with Crippen LogP contribution in [0.2, 0.25) is 0 Å². The van der Waals surface area contributed by atoms with Gasteiger partial charge in [-0.15, -0.1) is 0 Å². The van der Waals surface area contributed by atoms with E-state index in [0.29, 0.717) is 36.3 Å². The number of anilines is 1. The van der Waals surface area contributed by atoms with E-state index in [0.717, 1.165) is 5.56 Å². The highest BCUT2D eigenvalue weighted by molar-refractivity contribution is 5.97. The average Bonchev–Trinajstić information content (AvgIpc) is 3.03. The Bertz CT molecular complexity index is 818. The van der Waals surface area contributed by atoms with Gasteiger partial charge in [-0.2, -0.15) is 0 Å². The SMILES string of the molecule is O=Cc1ccccc1OCC(=O)N1CCc2ccc([N+](=O)[O-])cc21. The van der Waals surface area contributed by atoms with E-state index in [1.807, 2.05) is 0 Å². The molecule has 2 aromatic carbocycles. The maximum Gasteiger partial charge on any atom is 0.271 e. The molecule has 122 valence electrons. The third kappa shape index (κ3) is 2.96. The predicted molar refractivity (Wildman–Crippen MR) is 86.5 cm³/mol. The van der Waals surface area contributed by atoms with Gasteiger partial charge in [0.2, 0.25) is 0 Å². The van der Waals surface area contributed by atoms with Crippen LogP contribution in [0.15, 0.2) is 42.5 Å². The molecule has 0 saturated heterocycles. The maximum absolute atomic E-state index is 12.4. The van der Waals surface area contributed by atoms with Crippen LogP contribution in [0, 0.1) is 10.1 Å². The van der Waals surface area contributed by atoms with Crippen LogP contribution in [0.25, 0.3) is 0 Å². The third-order valence-corrected chi connectivity index (χ3v) is 3.87. The number of ether oxygens (including phenoxy) is 1. The van der Waals surface area contributed by atoms with Crippen molar-refractivity contribution in [2.45, 2.75) is 6.42 Å². The minimum absolute atomic E-state index is 0.0549. The molecule has 0 N–H and O–H groups in total. The number of hydrogen-bond donors (Lipinski definition) is 0. The Hall–Kier alpha value is -3.22. The molecule has 1 amide bonds. The van der Waals surface area contributed by atoms with Crippen molar-refractivity contribution in [1.29, 1.82) is 0 Å². The van der Waals surface area contributed by atoms with Crippen LogP contribution in [0.5, 0.6) is 5.75 Å². The van der Waals surface area contributed by atoms with E-state index in [4.69, 9.17) is 4.74 Å². The van der Waals surface area contributed by atoms with E-state index in [1.54, 1.807) is 30.3 Å². The molecular weight excluding hydrogens is 312 g/mol. The van der Waals surface area contributed by atoms with Crippen LogP contribution in [0.4, 0.5) is 11.4 Å². The number of carbonyl (C=O) groups excluding carboxylic acids is 2. The van der Waals surface area contributed by atoms with E-state index >= 15 is 0 Å². The van der Waals surface area contributed by atoms with Gasteiger partial charge in [-0.25, -0.2) is 0 Å². The number of amides is 1. The quantitative estimate of drug-likeness (QED) is 0.478. The molecule has 0 aromatic heterocycles. The first-order valence-corrected chi connectivity index (χ1v) is 7.35. The number of aldehydes is 1. The molecule has 0 fully saturated rings. The minimum Gasteiger partial charge on any atom is -0.483 e. The molecule has 0 saturated carbocycles. The van der Waals surface area contributed by atoms with Crippen LogP contribution < -0.4 is 9.64 Å². The van der Waals surface area contributed by atoms with E-state index in [2.05, 4.69) is 0 Å². The van der Waals surface area contributed by atoms with Gasteiger partial charge in [0, 0.05) is 18.7 Å². The molecule has 0 unspecified atom stereocenters. The summed E-state index contributed by atoms with van der Waals surface area (Å²) in [6.45, 7) is 0.209. The van der Waals surface area contributed by atoms with Crippen molar-refractivity contribution in [3.05, 3.63) is 63.7 Å². The summed E-state index contributed by atoms with van der Waals surface area (Å²) in [6, 6.07) is 11.1. The fraction of sp³-hybridized carbons (Fsp3) is 0.176. The summed E-state index contributed by atoms with van der Waals surface area (Å²) in [7, 11) is 0. The van der Waals surface area contributed by atoms with Crippen molar-refractivity contribution in [3.8, 4) is 5.75 Å². The van der Waals surface area contributed by atoms with Gasteiger partial charge in [0.15, 0.2) is 12.9 Å². The number of nitro groups is 1. The molecule has 1 aliphatic rings. The van der Waals surface area contributed by atoms with E-state index in [1.165, 1.54) is 17.0 Å². The van der Waals surface area contributed by atoms with E-state index in [9.17, 15) is 19.7 Å². The smallest absolute Gasteiger partial charge is 0.271 e. The van der Waals surface area contributed by atoms with Crippen molar-refractivity contribution in [3.63, 3.8) is 0 Å². The summed E-state index contributed by atoms with van der Waals surface area (Å²) in [5, 5.41) is 10.9. The number of benzene rings is 2. The zero-order valence-electron chi connectivity index (χ0n) is 12.7. The summed E-state index contributed by atoms with van der Waals surface area (Å²) in [4.78, 5) is 35.3. The summed E-state index contributed by atoms with van der Waals surface area (Å²) >= 11 is 0. The van der Waals surface area contributed by atoms with Crippen molar-refractivity contribution in [1.82, 2.24) is 0 Å². The molecule has 3 rings (SSSR count). The zero-order valence-corrected chi connectivity index (χ0v) is 12.7. The Morgan fingerprint density at radius 3 is 2.83 bits per heavy atom. The standard InChI is InChI=1S/C17H14N2O5/c20-10-13-3-1-2-4-16(13)24-11-17(21)18-8-7-12-5-6-14(19(22)23)9-15(12)18/h1-6,9-10H,7-8,11H2. The van der Waals surface area contributed by atoms with Crippen molar-refractivity contribution in [2.75, 3.05) is 18.1 Å². The van der Waals surface area contributed by atoms with E-state index < -0.39 is 4.92 Å². The number of hydrogen-bond acceptors (Lipinski definition) is 5. The zero-order chi connectivity index (χ0) is 17.1. The summed E-state index contributed by atoms with van der Waals surface area (Å²) in [5.41, 5.74) is 1.74. The Kier molecular flexibility index (Phi) is 4.24. The van der Waals surface area contributed by atoms with Crippen molar-refractivity contribution in [2.24, 2.45) is 0 Å². The van der Waals surface area contributed by atoms with Gasteiger partial charge in [-0.3, -0.25) is 19.7 Å². The molecule has 0 atom stereocenters. The molecule has 0 radical (unpaired) electrons. The first-order valence-electron chi connectivity index (χ1n) is 7.35. The molecule has 24 heavy (non-hydrogen) atoms. The summed E-state index contributed by atoms with van der Waals surface area (Å²) in [6.07, 6.45) is 1.30. The Balaban J connectivity index is 1.75. The topological polar surface area (TPSA) is 89.8 Å². The molecule has 0 bridgehead atoms. The van der Waals surface area contributed by atoms with Crippen LogP contribution in [0.1, 0.15) is 15.9 Å². The maximum atomic E-state index is 12.4. The monoisotopic (exact) mass is 326 g/mol. The summed E-state index contributed by atoms with van der Waals surface area (Å²) in [5.74, 6) is 0.0225. The molecule has 0 spiro atoms. The molecule has 1 aliphatic heterocycles. The number of para-hydroxylation sites is 1. The number of nitrogens with zero attached hydrogens (tertiary/aromatic N) is 2.